The second-order valence-corrected chi connectivity index (χ2v) is 2.38. The van der Waals surface area contributed by atoms with Crippen LogP contribution >= 0.6 is 0 Å². The summed E-state index contributed by atoms with van der Waals surface area (Å²) in [5.41, 5.74) is 5.40. The lowest BCUT2D eigenvalue weighted by molar-refractivity contribution is -0.121. The van der Waals surface area contributed by atoms with Gasteiger partial charge in [0, 0.05) is 12.5 Å². The van der Waals surface area contributed by atoms with Crippen molar-refractivity contribution in [2.75, 3.05) is 6.54 Å². The van der Waals surface area contributed by atoms with E-state index in [2.05, 4.69) is 17.2 Å². The maximum atomic E-state index is 10.9. The van der Waals surface area contributed by atoms with Gasteiger partial charge in [-0.25, -0.2) is 0 Å². The first kappa shape index (κ1) is 9.99. The van der Waals surface area contributed by atoms with E-state index < -0.39 is 0 Å². The minimum atomic E-state index is -0.0791. The van der Waals surface area contributed by atoms with E-state index in [9.17, 15) is 4.79 Å². The molecule has 62 valence electrons. The summed E-state index contributed by atoms with van der Waals surface area (Å²) in [6.07, 6.45) is 0.366. The van der Waals surface area contributed by atoms with E-state index in [0.29, 0.717) is 13.0 Å². The molecule has 0 aromatic carbocycles. The molecule has 1 amide bonds. The second-order valence-electron chi connectivity index (χ2n) is 2.38. The van der Waals surface area contributed by atoms with Gasteiger partial charge in [0.25, 0.3) is 0 Å². The topological polar surface area (TPSA) is 55.1 Å². The Morgan fingerprint density at radius 3 is 2.82 bits per heavy atom. The number of nitrogens with two attached hydrogens (primary N) is 1. The monoisotopic (exact) mass is 154 g/mol. The summed E-state index contributed by atoms with van der Waals surface area (Å²) >= 11 is 0. The van der Waals surface area contributed by atoms with Gasteiger partial charge in [-0.3, -0.25) is 4.79 Å². The van der Waals surface area contributed by atoms with E-state index in [1.165, 1.54) is 0 Å². The Hall–Kier alpha value is -1.01. The van der Waals surface area contributed by atoms with Gasteiger partial charge in [-0.15, -0.1) is 5.92 Å². The smallest absolute Gasteiger partial charge is 0.222 e. The molecule has 0 fully saturated rings. The largest absolute Gasteiger partial charge is 0.345 e. The lowest BCUT2D eigenvalue weighted by Gasteiger charge is -2.03. The van der Waals surface area contributed by atoms with Crippen LogP contribution in [0, 0.1) is 11.8 Å². The van der Waals surface area contributed by atoms with Crippen LogP contribution in [0.25, 0.3) is 0 Å². The van der Waals surface area contributed by atoms with Crippen LogP contribution in [0.1, 0.15) is 20.3 Å². The van der Waals surface area contributed by atoms with E-state index in [1.807, 2.05) is 0 Å². The zero-order chi connectivity index (χ0) is 8.69. The average Bonchev–Trinajstić information content (AvgIpc) is 1.86. The molecule has 0 saturated carbocycles. The third kappa shape index (κ3) is 6.88. The maximum Gasteiger partial charge on any atom is 0.222 e. The number of nitrogens with one attached hydrogen (secondary N) is 1. The van der Waals surface area contributed by atoms with Gasteiger partial charge in [-0.05, 0) is 13.8 Å². The highest BCUT2D eigenvalue weighted by Crippen LogP contribution is 1.83. The molecule has 0 aliphatic rings. The van der Waals surface area contributed by atoms with E-state index in [-0.39, 0.29) is 11.9 Å². The first-order valence-corrected chi connectivity index (χ1v) is 3.58. The van der Waals surface area contributed by atoms with Crippen molar-refractivity contribution < 1.29 is 4.79 Å². The summed E-state index contributed by atoms with van der Waals surface area (Å²) in [6.45, 7) is 3.95. The Bertz CT molecular complexity index is 176. The highest BCUT2D eigenvalue weighted by molar-refractivity contribution is 5.76. The molecule has 1 atom stereocenters. The van der Waals surface area contributed by atoms with Gasteiger partial charge in [-0.2, -0.15) is 0 Å². The molecule has 3 heteroatoms. The van der Waals surface area contributed by atoms with Crippen LogP contribution in [0.2, 0.25) is 0 Å². The van der Waals surface area contributed by atoms with E-state index in [1.54, 1.807) is 13.8 Å². The Morgan fingerprint density at radius 1 is 1.73 bits per heavy atom. The first-order valence-electron chi connectivity index (χ1n) is 3.58. The third-order valence-electron chi connectivity index (χ3n) is 1.06. The van der Waals surface area contributed by atoms with Crippen LogP contribution in [0.5, 0.6) is 0 Å². The summed E-state index contributed by atoms with van der Waals surface area (Å²) in [6, 6.07) is -0.0791. The van der Waals surface area contributed by atoms with Crippen LogP contribution < -0.4 is 11.1 Å². The number of hydrogen-bond acceptors (Lipinski definition) is 2. The third-order valence-corrected chi connectivity index (χ3v) is 1.06. The number of carbonyl (C=O) groups excluding carboxylic acids is 1. The van der Waals surface area contributed by atoms with Gasteiger partial charge in [0.1, 0.15) is 0 Å². The van der Waals surface area contributed by atoms with Gasteiger partial charge < -0.3 is 11.1 Å². The molecule has 0 heterocycles. The molecule has 0 aliphatic heterocycles. The van der Waals surface area contributed by atoms with Gasteiger partial charge in [-0.1, -0.05) is 5.92 Å². The SMILES string of the molecule is CC#CCNC(=O)CC(C)N. The van der Waals surface area contributed by atoms with Crippen molar-refractivity contribution in [3.63, 3.8) is 0 Å². The van der Waals surface area contributed by atoms with Crippen LogP contribution in [0.3, 0.4) is 0 Å². The molecule has 0 bridgehead atoms. The predicted octanol–water partition coefficient (Wildman–Crippen LogP) is -0.137. The standard InChI is InChI=1S/C8H14N2O/c1-3-4-5-10-8(11)6-7(2)9/h7H,5-6,9H2,1-2H3,(H,10,11). The van der Waals surface area contributed by atoms with Gasteiger partial charge >= 0.3 is 0 Å². The summed E-state index contributed by atoms with van der Waals surface area (Å²) in [7, 11) is 0. The fourth-order valence-corrected chi connectivity index (χ4v) is 0.596. The average molecular weight is 154 g/mol. The minimum absolute atomic E-state index is 0.0391. The number of hydrogen-bond donors (Lipinski definition) is 2. The lowest BCUT2D eigenvalue weighted by Crippen LogP contribution is -2.30. The molecule has 0 aliphatic carbocycles. The molecule has 3 N–H and O–H groups in total. The fourth-order valence-electron chi connectivity index (χ4n) is 0.596. The van der Waals surface area contributed by atoms with Crippen molar-refractivity contribution in [1.82, 2.24) is 5.32 Å². The fraction of sp³-hybridized carbons (Fsp3) is 0.625. The quantitative estimate of drug-likeness (QED) is 0.556. The van der Waals surface area contributed by atoms with Gasteiger partial charge in [0.15, 0.2) is 0 Å². The van der Waals surface area contributed by atoms with Crippen LogP contribution in [0.15, 0.2) is 0 Å². The summed E-state index contributed by atoms with van der Waals surface area (Å²) in [4.78, 5) is 10.9. The van der Waals surface area contributed by atoms with Crippen LogP contribution in [-0.4, -0.2) is 18.5 Å². The van der Waals surface area contributed by atoms with Gasteiger partial charge in [0.05, 0.1) is 6.54 Å². The van der Waals surface area contributed by atoms with Crippen molar-refractivity contribution in [3.8, 4) is 11.8 Å². The highest BCUT2D eigenvalue weighted by atomic mass is 16.1. The molecule has 11 heavy (non-hydrogen) atoms. The molecule has 0 saturated heterocycles. The first-order chi connectivity index (χ1) is 5.16. The lowest BCUT2D eigenvalue weighted by atomic mass is 10.2. The minimum Gasteiger partial charge on any atom is -0.345 e. The Morgan fingerprint density at radius 2 is 2.36 bits per heavy atom. The van der Waals surface area contributed by atoms with E-state index in [4.69, 9.17) is 5.73 Å². The molecular formula is C8H14N2O. The normalized spacial score (nSPS) is 11.2. The van der Waals surface area contributed by atoms with Crippen molar-refractivity contribution in [1.29, 1.82) is 0 Å². The molecule has 3 nitrogen and oxygen atoms in total. The second kappa shape index (κ2) is 5.75. The summed E-state index contributed by atoms with van der Waals surface area (Å²) in [5.74, 6) is 5.37. The molecule has 0 spiro atoms. The molecule has 0 aromatic heterocycles. The Balaban J connectivity index is 3.43. The van der Waals surface area contributed by atoms with Crippen molar-refractivity contribution in [2.45, 2.75) is 26.3 Å². The van der Waals surface area contributed by atoms with Crippen molar-refractivity contribution >= 4 is 5.91 Å². The Labute approximate surface area is 67.3 Å². The van der Waals surface area contributed by atoms with Crippen molar-refractivity contribution in [3.05, 3.63) is 0 Å². The number of carbonyl (C=O) groups is 1. The van der Waals surface area contributed by atoms with Crippen molar-refractivity contribution in [2.24, 2.45) is 5.73 Å². The summed E-state index contributed by atoms with van der Waals surface area (Å²) in [5, 5.41) is 2.62. The zero-order valence-corrected chi connectivity index (χ0v) is 6.98. The zero-order valence-electron chi connectivity index (χ0n) is 6.98. The number of rotatable bonds is 3. The van der Waals surface area contributed by atoms with Crippen LogP contribution in [-0.2, 0) is 4.79 Å². The summed E-state index contributed by atoms with van der Waals surface area (Å²) < 4.78 is 0. The molecule has 0 rings (SSSR count). The molecule has 1 unspecified atom stereocenters. The molecular weight excluding hydrogens is 140 g/mol. The molecule has 0 radical (unpaired) electrons. The number of amides is 1. The van der Waals surface area contributed by atoms with Gasteiger partial charge in [0.2, 0.25) is 5.91 Å². The van der Waals surface area contributed by atoms with E-state index >= 15 is 0 Å². The Kier molecular flexibility index (Phi) is 5.22. The molecule has 0 aromatic rings. The maximum absolute atomic E-state index is 10.9. The predicted molar refractivity (Wildman–Crippen MR) is 44.7 cm³/mol. The van der Waals surface area contributed by atoms with Crippen LogP contribution in [0.4, 0.5) is 0 Å². The van der Waals surface area contributed by atoms with E-state index in [0.717, 1.165) is 0 Å². The highest BCUT2D eigenvalue weighted by Gasteiger charge is 2.01.